The number of rotatable bonds is 7. The van der Waals surface area contributed by atoms with Crippen molar-refractivity contribution in [2.75, 3.05) is 11.9 Å². The average molecular weight is 508 g/mol. The molecule has 7 nitrogen and oxygen atoms in total. The fraction of sp³-hybridized carbons (Fsp3) is 0.407. The maximum absolute atomic E-state index is 14.2. The maximum atomic E-state index is 14.2. The van der Waals surface area contributed by atoms with Gasteiger partial charge in [0, 0.05) is 42.2 Å². The van der Waals surface area contributed by atoms with Gasteiger partial charge in [0.2, 0.25) is 16.0 Å². The summed E-state index contributed by atoms with van der Waals surface area (Å²) >= 11 is 0. The molecule has 0 radical (unpaired) electrons. The molecule has 36 heavy (non-hydrogen) atoms. The second kappa shape index (κ2) is 8.24. The Labute approximate surface area is 210 Å². The summed E-state index contributed by atoms with van der Waals surface area (Å²) in [5, 5.41) is 5.08. The number of halogens is 1. The van der Waals surface area contributed by atoms with E-state index in [4.69, 9.17) is 9.97 Å². The number of hydrogen-bond donors (Lipinski definition) is 2. The van der Waals surface area contributed by atoms with Gasteiger partial charge in [-0.25, -0.2) is 22.5 Å². The van der Waals surface area contributed by atoms with Crippen LogP contribution in [0.1, 0.15) is 61.9 Å². The largest absolute Gasteiger partial charge is 0.349 e. The Kier molecular flexibility index (Phi) is 5.35. The van der Waals surface area contributed by atoms with E-state index < -0.39 is 15.7 Å². The van der Waals surface area contributed by atoms with E-state index in [0.29, 0.717) is 11.3 Å². The lowest BCUT2D eigenvalue weighted by atomic mass is 9.99. The predicted molar refractivity (Wildman–Crippen MR) is 139 cm³/mol. The molecule has 0 bridgehead atoms. The van der Waals surface area contributed by atoms with Crippen molar-refractivity contribution in [1.29, 1.82) is 0 Å². The molecule has 0 aliphatic heterocycles. The number of nitrogens with one attached hydrogen (secondary N) is 2. The van der Waals surface area contributed by atoms with Gasteiger partial charge in [0.1, 0.15) is 5.67 Å². The third-order valence-electron chi connectivity index (χ3n) is 7.24. The number of sulfonamides is 1. The summed E-state index contributed by atoms with van der Waals surface area (Å²) in [7, 11) is -1.93. The predicted octanol–water partition coefficient (Wildman–Crippen LogP) is 5.12. The van der Waals surface area contributed by atoms with Crippen LogP contribution in [0, 0.1) is 0 Å². The zero-order valence-electron chi connectivity index (χ0n) is 20.7. The maximum Gasteiger partial charge on any atom is 0.241 e. The zero-order valence-corrected chi connectivity index (χ0v) is 21.5. The molecule has 1 atom stereocenters. The minimum Gasteiger partial charge on any atom is -0.349 e. The van der Waals surface area contributed by atoms with Crippen LogP contribution in [0.2, 0.25) is 0 Å². The lowest BCUT2D eigenvalue weighted by molar-refractivity contribution is 0.221. The highest BCUT2D eigenvalue weighted by Crippen LogP contribution is 2.44. The molecule has 188 valence electrons. The molecule has 2 aliphatic rings. The van der Waals surface area contributed by atoms with Gasteiger partial charge in [-0.15, -0.1) is 0 Å². The van der Waals surface area contributed by atoms with Gasteiger partial charge in [-0.3, -0.25) is 4.98 Å². The molecule has 2 aromatic carbocycles. The monoisotopic (exact) mass is 507 g/mol. The molecular formula is C27H30FN5O2S. The van der Waals surface area contributed by atoms with E-state index in [2.05, 4.69) is 10.0 Å². The van der Waals surface area contributed by atoms with Crippen molar-refractivity contribution in [1.82, 2.24) is 19.3 Å². The molecule has 4 aromatic rings. The van der Waals surface area contributed by atoms with Crippen LogP contribution in [-0.2, 0) is 23.5 Å². The van der Waals surface area contributed by atoms with Crippen molar-refractivity contribution >= 4 is 37.8 Å². The summed E-state index contributed by atoms with van der Waals surface area (Å²) in [6.45, 7) is 2.44. The van der Waals surface area contributed by atoms with Gasteiger partial charge in [-0.2, -0.15) is 0 Å². The van der Waals surface area contributed by atoms with Crippen LogP contribution in [0.25, 0.3) is 21.8 Å². The van der Waals surface area contributed by atoms with Gasteiger partial charge in [0.25, 0.3) is 0 Å². The number of alkyl halides is 1. The molecule has 1 fully saturated rings. The van der Waals surface area contributed by atoms with Crippen molar-refractivity contribution in [3.05, 3.63) is 59.4 Å². The number of pyridine rings is 1. The molecule has 0 amide bonds. The third-order valence-corrected chi connectivity index (χ3v) is 8.68. The highest BCUT2D eigenvalue weighted by atomic mass is 32.2. The molecule has 0 saturated heterocycles. The van der Waals surface area contributed by atoms with Crippen LogP contribution in [-0.4, -0.2) is 35.2 Å². The summed E-state index contributed by atoms with van der Waals surface area (Å²) in [5.41, 5.74) is 3.27. The fourth-order valence-electron chi connectivity index (χ4n) is 5.18. The molecule has 2 heterocycles. The molecule has 9 heteroatoms. The van der Waals surface area contributed by atoms with Gasteiger partial charge in [0.05, 0.1) is 22.0 Å². The number of nitrogens with zero attached hydrogens (tertiary/aromatic N) is 3. The molecule has 2 aliphatic carbocycles. The van der Waals surface area contributed by atoms with Crippen molar-refractivity contribution in [2.24, 2.45) is 7.05 Å². The van der Waals surface area contributed by atoms with Crippen molar-refractivity contribution < 1.29 is 12.8 Å². The number of para-hydroxylation sites is 2. The molecule has 6 rings (SSSR count). The Hall–Kier alpha value is -3.04. The van der Waals surface area contributed by atoms with Gasteiger partial charge in [0.15, 0.2) is 0 Å². The molecule has 2 aromatic heterocycles. The lowest BCUT2D eigenvalue weighted by Gasteiger charge is -2.20. The first-order valence-electron chi connectivity index (χ1n) is 12.4. The minimum atomic E-state index is -3.92. The van der Waals surface area contributed by atoms with Gasteiger partial charge in [-0.05, 0) is 74.9 Å². The first-order valence-corrected chi connectivity index (χ1v) is 13.9. The van der Waals surface area contributed by atoms with Crippen LogP contribution in [0.4, 0.5) is 10.3 Å². The van der Waals surface area contributed by atoms with Crippen molar-refractivity contribution in [3.63, 3.8) is 0 Å². The number of fused-ring (bicyclic) bond motifs is 4. The van der Waals surface area contributed by atoms with Crippen molar-refractivity contribution in [2.45, 2.75) is 62.1 Å². The van der Waals surface area contributed by atoms with E-state index in [9.17, 15) is 12.8 Å². The molecule has 2 N–H and O–H groups in total. The summed E-state index contributed by atoms with van der Waals surface area (Å²) < 4.78 is 45.4. The number of aromatic nitrogens is 3. The van der Waals surface area contributed by atoms with Crippen molar-refractivity contribution in [3.8, 4) is 0 Å². The topological polar surface area (TPSA) is 88.9 Å². The fourth-order valence-corrected chi connectivity index (χ4v) is 6.63. The van der Waals surface area contributed by atoms with Gasteiger partial charge in [-0.1, -0.05) is 12.1 Å². The van der Waals surface area contributed by atoms with Gasteiger partial charge >= 0.3 is 0 Å². The Balaban J connectivity index is 1.45. The third kappa shape index (κ3) is 4.14. The molecular weight excluding hydrogens is 477 g/mol. The van der Waals surface area contributed by atoms with Crippen LogP contribution in [0.15, 0.2) is 47.5 Å². The normalized spacial score (nSPS) is 18.2. The number of anilines is 1. The number of imidazole rings is 1. The zero-order chi connectivity index (χ0) is 25.2. The summed E-state index contributed by atoms with van der Waals surface area (Å²) in [4.78, 5) is 9.70. The Morgan fingerprint density at radius 3 is 2.64 bits per heavy atom. The first kappa shape index (κ1) is 23.4. The Bertz CT molecular complexity index is 1600. The van der Waals surface area contributed by atoms with Crippen LogP contribution in [0.5, 0.6) is 0 Å². The lowest BCUT2D eigenvalue weighted by Crippen LogP contribution is -2.35. The average Bonchev–Trinajstić information content (AvgIpc) is 3.55. The first-order chi connectivity index (χ1) is 17.1. The van der Waals surface area contributed by atoms with Crippen LogP contribution < -0.4 is 10.0 Å². The van der Waals surface area contributed by atoms with E-state index in [0.717, 1.165) is 64.9 Å². The number of aryl methyl sites for hydroxylation is 2. The van der Waals surface area contributed by atoms with E-state index in [-0.39, 0.29) is 17.5 Å². The molecule has 1 unspecified atom stereocenters. The minimum absolute atomic E-state index is 0.0268. The highest BCUT2D eigenvalue weighted by molar-refractivity contribution is 7.89. The van der Waals surface area contributed by atoms with E-state index in [1.54, 1.807) is 6.07 Å². The Morgan fingerprint density at radius 2 is 1.92 bits per heavy atom. The summed E-state index contributed by atoms with van der Waals surface area (Å²) in [5.74, 6) is 1.15. The van der Waals surface area contributed by atoms with E-state index >= 15 is 0 Å². The quantitative estimate of drug-likeness (QED) is 0.362. The molecule has 0 spiro atoms. The standard InChI is InChI=1S/C27H30FN5O2S/c1-27(2,28)15-30-36(34,35)24-12-17-10-11-21(32-26-31-20-6-4-5-7-23(20)33(26)3)25(17)19-14-29-22(13-18(19)24)16-8-9-16/h4-7,12-14,16,21,30H,8-11,15H2,1-3H3,(H,31,32). The Morgan fingerprint density at radius 1 is 1.14 bits per heavy atom. The SMILES string of the molecule is Cn1c(NC2CCc3cc(S(=O)(=O)NCC(C)(C)F)c4cc(C5CC5)ncc4c32)nc2ccccc21. The summed E-state index contributed by atoms with van der Waals surface area (Å²) in [6.07, 6.45) is 5.50. The van der Waals surface area contributed by atoms with E-state index in [1.165, 1.54) is 13.8 Å². The molecule has 1 saturated carbocycles. The van der Waals surface area contributed by atoms with E-state index in [1.807, 2.05) is 48.1 Å². The second-order valence-corrected chi connectivity index (χ2v) is 12.4. The number of benzene rings is 2. The van der Waals surface area contributed by atoms with Crippen LogP contribution in [0.3, 0.4) is 0 Å². The van der Waals surface area contributed by atoms with Crippen LogP contribution >= 0.6 is 0 Å². The number of hydrogen-bond acceptors (Lipinski definition) is 5. The van der Waals surface area contributed by atoms with Gasteiger partial charge < -0.3 is 9.88 Å². The smallest absolute Gasteiger partial charge is 0.241 e. The second-order valence-electron chi connectivity index (χ2n) is 10.6. The highest BCUT2D eigenvalue weighted by Gasteiger charge is 2.32. The summed E-state index contributed by atoms with van der Waals surface area (Å²) in [6, 6.07) is 11.7.